The second kappa shape index (κ2) is 4.14. The Morgan fingerprint density at radius 3 is 2.80 bits per heavy atom. The van der Waals surface area contributed by atoms with E-state index in [2.05, 4.69) is 15.3 Å². The van der Waals surface area contributed by atoms with Gasteiger partial charge in [0.05, 0.1) is 0 Å². The van der Waals surface area contributed by atoms with Gasteiger partial charge in [0.2, 0.25) is 0 Å². The summed E-state index contributed by atoms with van der Waals surface area (Å²) in [5.41, 5.74) is 2.47. The first kappa shape index (κ1) is 10.4. The molecule has 1 N–H and O–H groups in total. The van der Waals surface area contributed by atoms with Gasteiger partial charge < -0.3 is 10.1 Å². The molecule has 1 unspecified atom stereocenters. The average molecular weight is 207 g/mol. The van der Waals surface area contributed by atoms with E-state index in [1.54, 1.807) is 7.11 Å². The van der Waals surface area contributed by atoms with Crippen molar-refractivity contribution in [2.75, 3.05) is 19.5 Å². The van der Waals surface area contributed by atoms with E-state index in [4.69, 9.17) is 4.74 Å². The molecule has 0 bridgehead atoms. The van der Waals surface area contributed by atoms with Gasteiger partial charge in [-0.1, -0.05) is 0 Å². The van der Waals surface area contributed by atoms with Crippen LogP contribution in [-0.4, -0.2) is 24.1 Å². The molecule has 82 valence electrons. The van der Waals surface area contributed by atoms with E-state index in [9.17, 15) is 0 Å². The van der Waals surface area contributed by atoms with Crippen LogP contribution in [0.1, 0.15) is 36.5 Å². The summed E-state index contributed by atoms with van der Waals surface area (Å²) < 4.78 is 5.24. The Hall–Kier alpha value is -1.16. The summed E-state index contributed by atoms with van der Waals surface area (Å²) in [6, 6.07) is 0. The third-order valence-electron chi connectivity index (χ3n) is 2.90. The first-order valence-corrected chi connectivity index (χ1v) is 5.36. The van der Waals surface area contributed by atoms with Crippen LogP contribution in [0.5, 0.6) is 0 Å². The summed E-state index contributed by atoms with van der Waals surface area (Å²) in [6.45, 7) is 1.97. The maximum atomic E-state index is 5.24. The minimum absolute atomic E-state index is 0.0389. The predicted molar refractivity (Wildman–Crippen MR) is 59.0 cm³/mol. The van der Waals surface area contributed by atoms with Gasteiger partial charge in [-0.3, -0.25) is 0 Å². The molecule has 0 aliphatic heterocycles. The highest BCUT2D eigenvalue weighted by atomic mass is 16.5. The lowest BCUT2D eigenvalue weighted by molar-refractivity contribution is 0.112. The van der Waals surface area contributed by atoms with Gasteiger partial charge in [-0.15, -0.1) is 0 Å². The van der Waals surface area contributed by atoms with Crippen LogP contribution < -0.4 is 5.32 Å². The number of aryl methyl sites for hydroxylation is 1. The first-order chi connectivity index (χ1) is 7.26. The van der Waals surface area contributed by atoms with E-state index >= 15 is 0 Å². The van der Waals surface area contributed by atoms with Crippen molar-refractivity contribution in [1.82, 2.24) is 9.97 Å². The van der Waals surface area contributed by atoms with E-state index in [1.807, 2.05) is 14.0 Å². The first-order valence-electron chi connectivity index (χ1n) is 5.36. The number of nitrogens with one attached hydrogen (secondary N) is 1. The minimum Gasteiger partial charge on any atom is -0.374 e. The largest absolute Gasteiger partial charge is 0.374 e. The predicted octanol–water partition coefficient (Wildman–Crippen LogP) is 1.71. The van der Waals surface area contributed by atoms with Gasteiger partial charge in [0, 0.05) is 25.4 Å². The Labute approximate surface area is 90.1 Å². The van der Waals surface area contributed by atoms with Gasteiger partial charge in [0.1, 0.15) is 11.9 Å². The average Bonchev–Trinajstić information content (AvgIpc) is 2.74. The molecule has 0 spiro atoms. The maximum Gasteiger partial charge on any atom is 0.159 e. The third kappa shape index (κ3) is 1.81. The third-order valence-corrected chi connectivity index (χ3v) is 2.90. The summed E-state index contributed by atoms with van der Waals surface area (Å²) in [4.78, 5) is 9.04. The molecule has 1 aromatic rings. The van der Waals surface area contributed by atoms with E-state index in [-0.39, 0.29) is 6.10 Å². The summed E-state index contributed by atoms with van der Waals surface area (Å²) in [7, 11) is 3.59. The Morgan fingerprint density at radius 1 is 1.33 bits per heavy atom. The molecule has 2 rings (SSSR count). The monoisotopic (exact) mass is 207 g/mol. The molecular weight excluding hydrogens is 190 g/mol. The van der Waals surface area contributed by atoms with Crippen LogP contribution >= 0.6 is 0 Å². The molecule has 0 saturated carbocycles. The zero-order chi connectivity index (χ0) is 10.8. The van der Waals surface area contributed by atoms with Gasteiger partial charge >= 0.3 is 0 Å². The molecule has 15 heavy (non-hydrogen) atoms. The van der Waals surface area contributed by atoms with Crippen LogP contribution in [0.4, 0.5) is 5.82 Å². The van der Waals surface area contributed by atoms with Crippen LogP contribution in [0.3, 0.4) is 0 Å². The fraction of sp³-hybridized carbons (Fsp3) is 0.636. The lowest BCUT2D eigenvalue weighted by Crippen LogP contribution is -2.09. The highest BCUT2D eigenvalue weighted by Crippen LogP contribution is 2.27. The summed E-state index contributed by atoms with van der Waals surface area (Å²) in [6.07, 6.45) is 3.30. The zero-order valence-electron chi connectivity index (χ0n) is 9.50. The van der Waals surface area contributed by atoms with E-state index in [1.165, 1.54) is 17.7 Å². The topological polar surface area (TPSA) is 47.0 Å². The molecule has 4 heteroatoms. The van der Waals surface area contributed by atoms with Crippen molar-refractivity contribution < 1.29 is 4.74 Å². The molecule has 4 nitrogen and oxygen atoms in total. The van der Waals surface area contributed by atoms with Crippen LogP contribution in [0, 0.1) is 0 Å². The molecule has 0 aromatic carbocycles. The Balaban J connectivity index is 2.43. The number of fused-ring (bicyclic) bond motifs is 1. The second-order valence-corrected chi connectivity index (χ2v) is 3.84. The molecular formula is C11H17N3O. The van der Waals surface area contributed by atoms with E-state index in [0.29, 0.717) is 0 Å². The Kier molecular flexibility index (Phi) is 2.86. The molecule has 1 aromatic heterocycles. The number of aromatic nitrogens is 2. The minimum atomic E-state index is -0.0389. The highest BCUT2D eigenvalue weighted by Gasteiger charge is 2.20. The molecule has 0 fully saturated rings. The van der Waals surface area contributed by atoms with Crippen LogP contribution in [0.2, 0.25) is 0 Å². The summed E-state index contributed by atoms with van der Waals surface area (Å²) in [5.74, 6) is 1.75. The molecule has 1 aliphatic rings. The number of hydrogen-bond donors (Lipinski definition) is 1. The Bertz CT molecular complexity index is 365. The molecule has 0 amide bonds. The highest BCUT2D eigenvalue weighted by molar-refractivity contribution is 5.48. The number of ether oxygens (including phenoxy) is 1. The van der Waals surface area contributed by atoms with Gasteiger partial charge in [-0.25, -0.2) is 9.97 Å². The number of methoxy groups -OCH3 is 1. The fourth-order valence-corrected chi connectivity index (χ4v) is 1.95. The fourth-order valence-electron chi connectivity index (χ4n) is 1.95. The van der Waals surface area contributed by atoms with Crippen molar-refractivity contribution in [3.63, 3.8) is 0 Å². The molecule has 1 atom stereocenters. The smallest absolute Gasteiger partial charge is 0.159 e. The number of nitrogens with zero attached hydrogens (tertiary/aromatic N) is 2. The van der Waals surface area contributed by atoms with E-state index in [0.717, 1.165) is 24.5 Å². The maximum absolute atomic E-state index is 5.24. The van der Waals surface area contributed by atoms with Crippen LogP contribution in [0.15, 0.2) is 0 Å². The quantitative estimate of drug-likeness (QED) is 0.819. The lowest BCUT2D eigenvalue weighted by atomic mass is 10.2. The SMILES string of the molecule is CNc1nc(C(C)OC)nc2c1CCC2. The van der Waals surface area contributed by atoms with Crippen molar-refractivity contribution >= 4 is 5.82 Å². The second-order valence-electron chi connectivity index (χ2n) is 3.84. The van der Waals surface area contributed by atoms with Gasteiger partial charge in [-0.05, 0) is 26.2 Å². The number of hydrogen-bond acceptors (Lipinski definition) is 4. The number of anilines is 1. The summed E-state index contributed by atoms with van der Waals surface area (Å²) in [5, 5.41) is 3.14. The standard InChI is InChI=1S/C11H17N3O/c1-7(15-3)10-13-9-6-4-5-8(9)11(12-2)14-10/h7H,4-6H2,1-3H3,(H,12,13,14). The van der Waals surface area contributed by atoms with Crippen molar-refractivity contribution in [3.8, 4) is 0 Å². The lowest BCUT2D eigenvalue weighted by Gasteiger charge is -2.12. The molecule has 0 radical (unpaired) electrons. The van der Waals surface area contributed by atoms with Gasteiger partial charge in [0.25, 0.3) is 0 Å². The van der Waals surface area contributed by atoms with Crippen LogP contribution in [0.25, 0.3) is 0 Å². The summed E-state index contributed by atoms with van der Waals surface area (Å²) >= 11 is 0. The van der Waals surface area contributed by atoms with Crippen molar-refractivity contribution in [1.29, 1.82) is 0 Å². The van der Waals surface area contributed by atoms with Gasteiger partial charge in [-0.2, -0.15) is 0 Å². The van der Waals surface area contributed by atoms with E-state index < -0.39 is 0 Å². The van der Waals surface area contributed by atoms with Gasteiger partial charge in [0.15, 0.2) is 5.82 Å². The normalized spacial score (nSPS) is 16.2. The zero-order valence-corrected chi connectivity index (χ0v) is 9.50. The van der Waals surface area contributed by atoms with Crippen molar-refractivity contribution in [2.45, 2.75) is 32.3 Å². The van der Waals surface area contributed by atoms with Crippen molar-refractivity contribution in [2.24, 2.45) is 0 Å². The molecule has 1 heterocycles. The van der Waals surface area contributed by atoms with Crippen LogP contribution in [-0.2, 0) is 17.6 Å². The van der Waals surface area contributed by atoms with Crippen molar-refractivity contribution in [3.05, 3.63) is 17.1 Å². The molecule has 0 saturated heterocycles. The molecule has 1 aliphatic carbocycles. The Morgan fingerprint density at radius 2 is 2.13 bits per heavy atom. The number of rotatable bonds is 3.